The molecule has 1 rings (SSSR count). The molecule has 0 amide bonds. The van der Waals surface area contributed by atoms with Gasteiger partial charge in [-0.3, -0.25) is 0 Å². The van der Waals surface area contributed by atoms with E-state index >= 15 is 0 Å². The number of likely N-dealkylation sites (N-methyl/N-ethyl adjacent to an activating group) is 1. The quantitative estimate of drug-likeness (QED) is 0.778. The fourth-order valence-corrected chi connectivity index (χ4v) is 3.31. The molecule has 1 unspecified atom stereocenters. The summed E-state index contributed by atoms with van der Waals surface area (Å²) in [6, 6.07) is 0.549. The fourth-order valence-electron chi connectivity index (χ4n) is 3.31. The van der Waals surface area contributed by atoms with Crippen LogP contribution in [-0.2, 0) is 4.74 Å². The van der Waals surface area contributed by atoms with Crippen molar-refractivity contribution in [1.82, 2.24) is 5.32 Å². The van der Waals surface area contributed by atoms with E-state index in [2.05, 4.69) is 46.9 Å². The summed E-state index contributed by atoms with van der Waals surface area (Å²) in [4.78, 5) is 0. The van der Waals surface area contributed by atoms with Crippen LogP contribution >= 0.6 is 0 Å². The molecule has 114 valence electrons. The zero-order valence-corrected chi connectivity index (χ0v) is 14.0. The van der Waals surface area contributed by atoms with Crippen LogP contribution in [0.1, 0.15) is 67.2 Å². The van der Waals surface area contributed by atoms with Gasteiger partial charge in [0, 0.05) is 6.04 Å². The average molecular weight is 269 g/mol. The van der Waals surface area contributed by atoms with Crippen LogP contribution in [0.5, 0.6) is 0 Å². The fraction of sp³-hybridized carbons (Fsp3) is 1.00. The first kappa shape index (κ1) is 17.0. The van der Waals surface area contributed by atoms with E-state index in [1.54, 1.807) is 0 Å². The normalized spacial score (nSPS) is 26.7. The van der Waals surface area contributed by atoms with Gasteiger partial charge < -0.3 is 10.1 Å². The minimum absolute atomic E-state index is 0.340. The van der Waals surface area contributed by atoms with E-state index in [4.69, 9.17) is 4.74 Å². The van der Waals surface area contributed by atoms with Crippen LogP contribution in [-0.4, -0.2) is 25.3 Å². The highest BCUT2D eigenvalue weighted by atomic mass is 16.5. The van der Waals surface area contributed by atoms with Crippen LogP contribution in [0.25, 0.3) is 0 Å². The predicted molar refractivity (Wildman–Crippen MR) is 83.5 cm³/mol. The van der Waals surface area contributed by atoms with Crippen molar-refractivity contribution in [3.05, 3.63) is 0 Å². The van der Waals surface area contributed by atoms with Gasteiger partial charge in [-0.1, -0.05) is 27.7 Å². The second-order valence-electron chi connectivity index (χ2n) is 7.52. The molecule has 1 aliphatic carbocycles. The van der Waals surface area contributed by atoms with Gasteiger partial charge in [-0.2, -0.15) is 0 Å². The molecule has 1 atom stereocenters. The monoisotopic (exact) mass is 269 g/mol. The van der Waals surface area contributed by atoms with E-state index in [-0.39, 0.29) is 0 Å². The summed E-state index contributed by atoms with van der Waals surface area (Å²) in [5, 5.41) is 3.64. The number of hydrogen-bond acceptors (Lipinski definition) is 2. The second-order valence-corrected chi connectivity index (χ2v) is 7.52. The molecule has 0 radical (unpaired) electrons. The van der Waals surface area contributed by atoms with Gasteiger partial charge in [0.2, 0.25) is 0 Å². The van der Waals surface area contributed by atoms with Crippen molar-refractivity contribution in [2.45, 2.75) is 79.4 Å². The lowest BCUT2D eigenvalue weighted by Crippen LogP contribution is -2.43. The molecule has 0 aromatic heterocycles. The topological polar surface area (TPSA) is 21.3 Å². The van der Waals surface area contributed by atoms with Gasteiger partial charge in [-0.05, 0) is 63.3 Å². The summed E-state index contributed by atoms with van der Waals surface area (Å²) < 4.78 is 5.84. The molecule has 2 nitrogen and oxygen atoms in total. The molecular weight excluding hydrogens is 234 g/mol. The maximum atomic E-state index is 5.84. The second kappa shape index (κ2) is 7.64. The Bertz CT molecular complexity index is 236. The van der Waals surface area contributed by atoms with Crippen LogP contribution in [0.4, 0.5) is 0 Å². The molecule has 0 spiro atoms. The van der Waals surface area contributed by atoms with E-state index in [0.29, 0.717) is 17.6 Å². The molecule has 0 bridgehead atoms. The molecule has 1 N–H and O–H groups in total. The first-order valence-electron chi connectivity index (χ1n) is 8.19. The van der Waals surface area contributed by atoms with Crippen molar-refractivity contribution >= 4 is 0 Å². The van der Waals surface area contributed by atoms with Crippen molar-refractivity contribution in [1.29, 1.82) is 0 Å². The minimum atomic E-state index is 0.340. The lowest BCUT2D eigenvalue weighted by molar-refractivity contribution is 0.0354. The summed E-state index contributed by atoms with van der Waals surface area (Å²) in [5.74, 6) is 1.70. The van der Waals surface area contributed by atoms with Gasteiger partial charge in [-0.15, -0.1) is 0 Å². The Kier molecular flexibility index (Phi) is 6.82. The molecule has 0 aromatic rings. The van der Waals surface area contributed by atoms with E-state index in [9.17, 15) is 0 Å². The van der Waals surface area contributed by atoms with Crippen molar-refractivity contribution in [3.63, 3.8) is 0 Å². The van der Waals surface area contributed by atoms with E-state index in [0.717, 1.165) is 25.0 Å². The van der Waals surface area contributed by atoms with Crippen molar-refractivity contribution in [3.8, 4) is 0 Å². The van der Waals surface area contributed by atoms with Gasteiger partial charge >= 0.3 is 0 Å². The molecule has 0 saturated heterocycles. The molecule has 1 fully saturated rings. The third-order valence-electron chi connectivity index (χ3n) is 4.64. The zero-order valence-electron chi connectivity index (χ0n) is 14.0. The lowest BCUT2D eigenvalue weighted by atomic mass is 9.68. The Morgan fingerprint density at radius 2 is 1.68 bits per heavy atom. The highest BCUT2D eigenvalue weighted by molar-refractivity contribution is 4.85. The standard InChI is InChI=1S/C17H35NO/c1-7-18-16(12-19-13(2)3)14-8-10-15(11-9-14)17(4,5)6/h13-16,18H,7-12H2,1-6H3. The molecule has 1 saturated carbocycles. The molecule has 0 aliphatic heterocycles. The summed E-state index contributed by atoms with van der Waals surface area (Å²) in [6.07, 6.45) is 5.84. The summed E-state index contributed by atoms with van der Waals surface area (Å²) in [6.45, 7) is 15.5. The predicted octanol–water partition coefficient (Wildman–Crippen LogP) is 4.24. The van der Waals surface area contributed by atoms with Crippen molar-refractivity contribution < 1.29 is 4.74 Å². The Balaban J connectivity index is 2.45. The lowest BCUT2D eigenvalue weighted by Gasteiger charge is -2.39. The zero-order chi connectivity index (χ0) is 14.5. The first-order valence-corrected chi connectivity index (χ1v) is 8.19. The van der Waals surface area contributed by atoms with Crippen LogP contribution in [0.15, 0.2) is 0 Å². The van der Waals surface area contributed by atoms with Crippen molar-refractivity contribution in [2.75, 3.05) is 13.2 Å². The van der Waals surface area contributed by atoms with Gasteiger partial charge in [0.1, 0.15) is 0 Å². The van der Waals surface area contributed by atoms with Crippen LogP contribution < -0.4 is 5.32 Å². The number of hydrogen-bond donors (Lipinski definition) is 1. The Labute approximate surface area is 120 Å². The van der Waals surface area contributed by atoms with E-state index in [1.165, 1.54) is 25.7 Å². The summed E-state index contributed by atoms with van der Waals surface area (Å²) >= 11 is 0. The Hall–Kier alpha value is -0.0800. The van der Waals surface area contributed by atoms with Crippen molar-refractivity contribution in [2.24, 2.45) is 17.3 Å². The molecule has 1 aliphatic rings. The molecule has 0 aromatic carbocycles. The van der Waals surface area contributed by atoms with Gasteiger partial charge in [-0.25, -0.2) is 0 Å². The Morgan fingerprint density at radius 1 is 1.11 bits per heavy atom. The van der Waals surface area contributed by atoms with E-state index in [1.807, 2.05) is 0 Å². The highest BCUT2D eigenvalue weighted by Gasteiger charge is 2.32. The molecular formula is C17H35NO. The van der Waals surface area contributed by atoms with Crippen LogP contribution in [0.2, 0.25) is 0 Å². The van der Waals surface area contributed by atoms with Gasteiger partial charge in [0.05, 0.1) is 12.7 Å². The maximum absolute atomic E-state index is 5.84. The number of ether oxygens (including phenoxy) is 1. The molecule has 19 heavy (non-hydrogen) atoms. The molecule has 0 heterocycles. The maximum Gasteiger partial charge on any atom is 0.0625 e. The van der Waals surface area contributed by atoms with Gasteiger partial charge in [0.15, 0.2) is 0 Å². The number of rotatable bonds is 6. The van der Waals surface area contributed by atoms with Crippen LogP contribution in [0, 0.1) is 17.3 Å². The van der Waals surface area contributed by atoms with Gasteiger partial charge in [0.25, 0.3) is 0 Å². The Morgan fingerprint density at radius 3 is 2.11 bits per heavy atom. The number of nitrogens with one attached hydrogen (secondary N) is 1. The average Bonchev–Trinajstić information content (AvgIpc) is 2.33. The summed E-state index contributed by atoms with van der Waals surface area (Å²) in [5.41, 5.74) is 0.479. The summed E-state index contributed by atoms with van der Waals surface area (Å²) in [7, 11) is 0. The molecule has 2 heteroatoms. The largest absolute Gasteiger partial charge is 0.377 e. The first-order chi connectivity index (χ1) is 8.84. The highest BCUT2D eigenvalue weighted by Crippen LogP contribution is 2.40. The minimum Gasteiger partial charge on any atom is -0.377 e. The van der Waals surface area contributed by atoms with E-state index < -0.39 is 0 Å². The third kappa shape index (κ3) is 5.83. The SMILES string of the molecule is CCNC(COC(C)C)C1CCC(C(C)(C)C)CC1. The smallest absolute Gasteiger partial charge is 0.0625 e. The van der Waals surface area contributed by atoms with Crippen LogP contribution in [0.3, 0.4) is 0 Å². The third-order valence-corrected chi connectivity index (χ3v) is 4.64.